The minimum Gasteiger partial charge on any atom is -0.330 e. The second-order valence-electron chi connectivity index (χ2n) is 13.9. The van der Waals surface area contributed by atoms with Crippen molar-refractivity contribution in [2.75, 3.05) is 6.54 Å². The fourth-order valence-electron chi connectivity index (χ4n) is 9.67. The standard InChI is InChI=1S/C31H50N2O2/c1-19(2)8-6-9-20(3)22-11-12-23-28-21(29(35)25-10-7-17-32-25)18-26-31(5,16-14-27(34)33-26)24(28)13-15-30(22,23)4/h18-25,28,32H,6-17H2,1-5H3,(H,33,34)/t20-,21+,22-,23+,24+,25?,28+,30-,31-/m1/s1. The van der Waals surface area contributed by atoms with Gasteiger partial charge in [0.05, 0.1) is 6.04 Å². The van der Waals surface area contributed by atoms with Gasteiger partial charge in [0, 0.05) is 23.5 Å². The molecule has 2 saturated carbocycles. The third kappa shape index (κ3) is 4.34. The van der Waals surface area contributed by atoms with Crippen molar-refractivity contribution in [3.63, 3.8) is 0 Å². The zero-order valence-corrected chi connectivity index (χ0v) is 23.0. The van der Waals surface area contributed by atoms with Crippen LogP contribution in [0.15, 0.2) is 11.8 Å². The number of Topliss-reactive ketones (excluding diaryl/α,β-unsaturated/α-hetero) is 1. The van der Waals surface area contributed by atoms with Gasteiger partial charge in [-0.25, -0.2) is 0 Å². The molecule has 0 spiro atoms. The molecule has 4 fully saturated rings. The number of fused-ring (bicyclic) bond motifs is 5. The molecule has 2 saturated heterocycles. The largest absolute Gasteiger partial charge is 0.330 e. The Hall–Kier alpha value is -1.16. The molecule has 5 rings (SSSR count). The van der Waals surface area contributed by atoms with E-state index in [0.717, 1.165) is 49.3 Å². The molecule has 0 aromatic carbocycles. The maximum atomic E-state index is 14.0. The molecule has 9 atom stereocenters. The summed E-state index contributed by atoms with van der Waals surface area (Å²) in [4.78, 5) is 26.4. The number of ketones is 1. The fourth-order valence-corrected chi connectivity index (χ4v) is 9.67. The summed E-state index contributed by atoms with van der Waals surface area (Å²) in [6, 6.07) is 0.00138. The Kier molecular flexibility index (Phi) is 7.00. The molecule has 0 bridgehead atoms. The van der Waals surface area contributed by atoms with Gasteiger partial charge in [-0.2, -0.15) is 0 Å². The van der Waals surface area contributed by atoms with Gasteiger partial charge in [-0.1, -0.05) is 60.0 Å². The van der Waals surface area contributed by atoms with Crippen LogP contribution in [0.2, 0.25) is 0 Å². The van der Waals surface area contributed by atoms with E-state index in [1.165, 1.54) is 44.9 Å². The number of carbonyl (C=O) groups excluding carboxylic acids is 2. The van der Waals surface area contributed by atoms with Crippen LogP contribution in [0, 0.1) is 52.3 Å². The van der Waals surface area contributed by atoms with Gasteiger partial charge in [-0.15, -0.1) is 0 Å². The number of carbonyl (C=O) groups is 2. The zero-order chi connectivity index (χ0) is 25.0. The molecule has 2 heterocycles. The first kappa shape index (κ1) is 25.5. The highest BCUT2D eigenvalue weighted by Gasteiger charge is 2.62. The summed E-state index contributed by atoms with van der Waals surface area (Å²) >= 11 is 0. The molecule has 1 unspecified atom stereocenters. The van der Waals surface area contributed by atoms with Crippen LogP contribution in [-0.2, 0) is 9.59 Å². The summed E-state index contributed by atoms with van der Waals surface area (Å²) in [5.41, 5.74) is 1.44. The monoisotopic (exact) mass is 482 g/mol. The van der Waals surface area contributed by atoms with E-state index in [-0.39, 0.29) is 23.3 Å². The van der Waals surface area contributed by atoms with Gasteiger partial charge in [0.25, 0.3) is 0 Å². The van der Waals surface area contributed by atoms with Crippen LogP contribution in [-0.4, -0.2) is 24.3 Å². The van der Waals surface area contributed by atoms with Crippen LogP contribution in [0.4, 0.5) is 0 Å². The second kappa shape index (κ2) is 9.62. The molecule has 2 N–H and O–H groups in total. The van der Waals surface area contributed by atoms with Gasteiger partial charge in [0.15, 0.2) is 5.78 Å². The minimum atomic E-state index is -0.0447. The summed E-state index contributed by atoms with van der Waals surface area (Å²) in [5, 5.41) is 6.75. The molecule has 4 heteroatoms. The average molecular weight is 483 g/mol. The van der Waals surface area contributed by atoms with Crippen LogP contribution >= 0.6 is 0 Å². The maximum absolute atomic E-state index is 14.0. The highest BCUT2D eigenvalue weighted by atomic mass is 16.1. The zero-order valence-electron chi connectivity index (χ0n) is 23.0. The Labute approximate surface area is 213 Å². The number of piperidine rings is 1. The Morgan fingerprint density at radius 3 is 2.57 bits per heavy atom. The Balaban J connectivity index is 1.45. The highest BCUT2D eigenvalue weighted by molar-refractivity contribution is 5.89. The molecular weight excluding hydrogens is 432 g/mol. The molecule has 0 aromatic heterocycles. The van der Waals surface area contributed by atoms with Crippen LogP contribution in [0.3, 0.4) is 0 Å². The SMILES string of the molecule is CC(C)CCC[C@@H](C)[C@H]1CC[C@H]2[C@@H]3[C@@H](C(=O)C4CCCN4)C=C4NC(=O)CC[C@]4(C)[C@H]3CC[C@]12C. The Morgan fingerprint density at radius 1 is 1.06 bits per heavy atom. The van der Waals surface area contributed by atoms with Crippen molar-refractivity contribution in [2.45, 2.75) is 111 Å². The first-order valence-corrected chi connectivity index (χ1v) is 14.9. The summed E-state index contributed by atoms with van der Waals surface area (Å²) < 4.78 is 0. The third-order valence-electron chi connectivity index (χ3n) is 11.6. The molecule has 5 aliphatic rings. The fraction of sp³-hybridized carbons (Fsp3) is 0.871. The maximum Gasteiger partial charge on any atom is 0.224 e. The minimum absolute atomic E-state index is 0.00138. The van der Waals surface area contributed by atoms with Crippen molar-refractivity contribution in [2.24, 2.45) is 52.3 Å². The smallest absolute Gasteiger partial charge is 0.224 e. The first-order valence-electron chi connectivity index (χ1n) is 14.9. The van der Waals surface area contributed by atoms with Gasteiger partial charge in [-0.05, 0) is 92.4 Å². The molecule has 3 aliphatic carbocycles. The van der Waals surface area contributed by atoms with Gasteiger partial charge >= 0.3 is 0 Å². The van der Waals surface area contributed by atoms with Gasteiger partial charge < -0.3 is 10.6 Å². The van der Waals surface area contributed by atoms with Crippen molar-refractivity contribution in [3.8, 4) is 0 Å². The average Bonchev–Trinajstić information content (AvgIpc) is 3.46. The lowest BCUT2D eigenvalue weighted by molar-refractivity contribution is -0.136. The molecular formula is C31H50N2O2. The van der Waals surface area contributed by atoms with Gasteiger partial charge in [-0.3, -0.25) is 9.59 Å². The summed E-state index contributed by atoms with van der Waals surface area (Å²) in [5.74, 6) is 4.40. The molecule has 0 radical (unpaired) electrons. The first-order chi connectivity index (χ1) is 16.6. The van der Waals surface area contributed by atoms with E-state index < -0.39 is 0 Å². The van der Waals surface area contributed by atoms with Crippen molar-refractivity contribution >= 4 is 11.7 Å². The second-order valence-corrected chi connectivity index (χ2v) is 13.9. The summed E-state index contributed by atoms with van der Waals surface area (Å²) in [6.45, 7) is 13.2. The Morgan fingerprint density at radius 2 is 1.86 bits per heavy atom. The van der Waals surface area contributed by atoms with E-state index >= 15 is 0 Å². The number of hydrogen-bond donors (Lipinski definition) is 2. The molecule has 2 aliphatic heterocycles. The van der Waals surface area contributed by atoms with Crippen molar-refractivity contribution in [3.05, 3.63) is 11.8 Å². The molecule has 196 valence electrons. The van der Waals surface area contributed by atoms with E-state index in [1.54, 1.807) is 0 Å². The van der Waals surface area contributed by atoms with E-state index in [0.29, 0.717) is 35.4 Å². The van der Waals surface area contributed by atoms with Gasteiger partial charge in [0.2, 0.25) is 5.91 Å². The Bertz CT molecular complexity index is 858. The molecule has 0 aromatic rings. The highest BCUT2D eigenvalue weighted by Crippen LogP contribution is 2.67. The van der Waals surface area contributed by atoms with Crippen LogP contribution in [0.25, 0.3) is 0 Å². The van der Waals surface area contributed by atoms with Crippen molar-refractivity contribution < 1.29 is 9.59 Å². The molecule has 4 nitrogen and oxygen atoms in total. The van der Waals surface area contributed by atoms with Crippen LogP contribution < -0.4 is 10.6 Å². The van der Waals surface area contributed by atoms with E-state index in [4.69, 9.17) is 0 Å². The number of allylic oxidation sites excluding steroid dienone is 2. The number of hydrogen-bond acceptors (Lipinski definition) is 3. The predicted molar refractivity (Wildman–Crippen MR) is 141 cm³/mol. The van der Waals surface area contributed by atoms with E-state index in [2.05, 4.69) is 51.3 Å². The lowest BCUT2D eigenvalue weighted by Gasteiger charge is -2.59. The summed E-state index contributed by atoms with van der Waals surface area (Å²) in [7, 11) is 0. The molecule has 1 amide bonds. The number of rotatable bonds is 7. The normalized spacial score (nSPS) is 43.7. The van der Waals surface area contributed by atoms with Crippen LogP contribution in [0.1, 0.15) is 105 Å². The van der Waals surface area contributed by atoms with Gasteiger partial charge in [0.1, 0.15) is 0 Å². The predicted octanol–water partition coefficient (Wildman–Crippen LogP) is 6.26. The van der Waals surface area contributed by atoms with E-state index in [1.807, 2.05) is 0 Å². The van der Waals surface area contributed by atoms with E-state index in [9.17, 15) is 9.59 Å². The summed E-state index contributed by atoms with van der Waals surface area (Å²) in [6.07, 6.45) is 15.0. The van der Waals surface area contributed by atoms with Crippen molar-refractivity contribution in [1.82, 2.24) is 10.6 Å². The van der Waals surface area contributed by atoms with Crippen LogP contribution in [0.5, 0.6) is 0 Å². The third-order valence-corrected chi connectivity index (χ3v) is 11.6. The lowest BCUT2D eigenvalue weighted by atomic mass is 9.46. The van der Waals surface area contributed by atoms with Crippen molar-refractivity contribution in [1.29, 1.82) is 0 Å². The topological polar surface area (TPSA) is 58.2 Å². The number of nitrogens with one attached hydrogen (secondary N) is 2. The number of amides is 1. The quantitative estimate of drug-likeness (QED) is 0.450. The lowest BCUT2D eigenvalue weighted by Crippen LogP contribution is -2.58. The molecule has 35 heavy (non-hydrogen) atoms.